The average Bonchev–Trinajstić information content (AvgIpc) is 2.69. The Balaban J connectivity index is 2.41. The predicted molar refractivity (Wildman–Crippen MR) is 54.1 cm³/mol. The van der Waals surface area contributed by atoms with Gasteiger partial charge in [0, 0.05) is 11.9 Å². The topological polar surface area (TPSA) is 70.6 Å². The normalized spacial score (nSPS) is 10.1. The van der Waals surface area contributed by atoms with Gasteiger partial charge in [-0.25, -0.2) is 5.43 Å². The quantitative estimate of drug-likeness (QED) is 0.409. The van der Waals surface area contributed by atoms with E-state index in [9.17, 15) is 9.59 Å². The summed E-state index contributed by atoms with van der Waals surface area (Å²) in [4.78, 5) is 22.5. The summed E-state index contributed by atoms with van der Waals surface area (Å²) in [6.07, 6.45) is 1.48. The first-order valence-electron chi connectivity index (χ1n) is 3.82. The molecule has 0 spiro atoms. The molecule has 0 saturated heterocycles. The third kappa shape index (κ3) is 2.98. The van der Waals surface area contributed by atoms with Crippen molar-refractivity contribution in [3.05, 3.63) is 22.4 Å². The Bertz CT molecular complexity index is 345. The molecule has 0 fully saturated rings. The zero-order valence-electron chi connectivity index (χ0n) is 7.48. The lowest BCUT2D eigenvalue weighted by Crippen LogP contribution is -2.35. The molecule has 2 N–H and O–H groups in total. The van der Waals surface area contributed by atoms with Crippen LogP contribution in [0.2, 0.25) is 0 Å². The van der Waals surface area contributed by atoms with Gasteiger partial charge in [0.1, 0.15) is 0 Å². The average molecular weight is 211 g/mol. The van der Waals surface area contributed by atoms with Crippen molar-refractivity contribution in [2.75, 3.05) is 7.05 Å². The summed E-state index contributed by atoms with van der Waals surface area (Å²) in [5, 5.41) is 7.68. The molecule has 0 aliphatic heterocycles. The minimum atomic E-state index is -0.777. The molecule has 0 bridgehead atoms. The van der Waals surface area contributed by atoms with Crippen LogP contribution < -0.4 is 10.7 Å². The fourth-order valence-electron chi connectivity index (χ4n) is 0.684. The summed E-state index contributed by atoms with van der Waals surface area (Å²) in [6, 6.07) is 3.72. The second kappa shape index (κ2) is 5.13. The minimum absolute atomic E-state index is 0.715. The summed E-state index contributed by atoms with van der Waals surface area (Å²) in [5.41, 5.74) is 2.10. The van der Waals surface area contributed by atoms with Crippen molar-refractivity contribution >= 4 is 29.4 Å². The van der Waals surface area contributed by atoms with Gasteiger partial charge in [-0.2, -0.15) is 5.10 Å². The molecule has 0 unspecified atom stereocenters. The van der Waals surface area contributed by atoms with E-state index in [0.29, 0.717) is 0 Å². The zero-order valence-corrected chi connectivity index (χ0v) is 8.30. The number of carbonyl (C=O) groups excluding carboxylic acids is 2. The molecular formula is C8H9N3O2S. The largest absolute Gasteiger partial charge is 0.351 e. The number of hydrazone groups is 1. The number of hydrogen-bond donors (Lipinski definition) is 2. The van der Waals surface area contributed by atoms with Gasteiger partial charge in [0.2, 0.25) is 0 Å². The molecule has 6 heteroatoms. The number of likely N-dealkylation sites (N-methyl/N-ethyl adjacent to an activating group) is 1. The molecular weight excluding hydrogens is 202 g/mol. The Labute approximate surface area is 84.8 Å². The Morgan fingerprint density at radius 2 is 2.29 bits per heavy atom. The van der Waals surface area contributed by atoms with Crippen LogP contribution in [-0.2, 0) is 9.59 Å². The van der Waals surface area contributed by atoms with E-state index in [1.165, 1.54) is 24.6 Å². The third-order valence-electron chi connectivity index (χ3n) is 1.33. The highest BCUT2D eigenvalue weighted by molar-refractivity contribution is 7.11. The highest BCUT2D eigenvalue weighted by Gasteiger charge is 2.08. The van der Waals surface area contributed by atoms with Gasteiger partial charge in [-0.1, -0.05) is 6.07 Å². The van der Waals surface area contributed by atoms with Crippen LogP contribution in [0, 0.1) is 0 Å². The van der Waals surface area contributed by atoms with Crippen LogP contribution in [0.1, 0.15) is 4.88 Å². The second-order valence-electron chi connectivity index (χ2n) is 2.29. The van der Waals surface area contributed by atoms with Crippen LogP contribution in [0.3, 0.4) is 0 Å². The number of thiophene rings is 1. The molecule has 74 valence electrons. The lowest BCUT2D eigenvalue weighted by atomic mass is 10.5. The van der Waals surface area contributed by atoms with Crippen molar-refractivity contribution in [1.82, 2.24) is 10.7 Å². The number of nitrogens with one attached hydrogen (secondary N) is 2. The van der Waals surface area contributed by atoms with Crippen molar-refractivity contribution in [1.29, 1.82) is 0 Å². The first-order valence-corrected chi connectivity index (χ1v) is 4.70. The van der Waals surface area contributed by atoms with Crippen molar-refractivity contribution in [3.63, 3.8) is 0 Å². The van der Waals surface area contributed by atoms with Crippen LogP contribution in [0.4, 0.5) is 0 Å². The van der Waals surface area contributed by atoms with Gasteiger partial charge in [0.05, 0.1) is 6.21 Å². The van der Waals surface area contributed by atoms with Crippen molar-refractivity contribution in [2.24, 2.45) is 5.10 Å². The predicted octanol–water partition coefficient (Wildman–Crippen LogP) is -0.0558. The summed E-state index contributed by atoms with van der Waals surface area (Å²) >= 11 is 1.49. The maximum absolute atomic E-state index is 10.9. The van der Waals surface area contributed by atoms with Gasteiger partial charge in [0.15, 0.2) is 0 Å². The maximum atomic E-state index is 10.9. The molecule has 14 heavy (non-hydrogen) atoms. The number of rotatable bonds is 2. The Morgan fingerprint density at radius 3 is 2.86 bits per heavy atom. The van der Waals surface area contributed by atoms with Crippen LogP contribution in [0.25, 0.3) is 0 Å². The molecule has 0 atom stereocenters. The number of carbonyl (C=O) groups is 2. The van der Waals surface area contributed by atoms with Crippen LogP contribution in [-0.4, -0.2) is 25.1 Å². The first kappa shape index (κ1) is 10.4. The smallest absolute Gasteiger partial charge is 0.329 e. The second-order valence-corrected chi connectivity index (χ2v) is 3.27. The van der Waals surface area contributed by atoms with Gasteiger partial charge in [0.25, 0.3) is 0 Å². The van der Waals surface area contributed by atoms with Crippen molar-refractivity contribution in [2.45, 2.75) is 0 Å². The van der Waals surface area contributed by atoms with Gasteiger partial charge in [-0.15, -0.1) is 11.3 Å². The fraction of sp³-hybridized carbons (Fsp3) is 0.125. The van der Waals surface area contributed by atoms with Crippen LogP contribution >= 0.6 is 11.3 Å². The molecule has 1 aromatic heterocycles. The van der Waals surface area contributed by atoms with Crippen LogP contribution in [0.15, 0.2) is 22.6 Å². The van der Waals surface area contributed by atoms with Crippen molar-refractivity contribution in [3.8, 4) is 0 Å². The molecule has 5 nitrogen and oxygen atoms in total. The van der Waals surface area contributed by atoms with Gasteiger partial charge >= 0.3 is 11.8 Å². The summed E-state index contributed by atoms with van der Waals surface area (Å²) in [5.74, 6) is -1.49. The molecule has 1 rings (SSSR count). The van der Waals surface area contributed by atoms with Gasteiger partial charge in [-0.3, -0.25) is 9.59 Å². The molecule has 1 aromatic rings. The number of amides is 2. The summed E-state index contributed by atoms with van der Waals surface area (Å²) < 4.78 is 0. The lowest BCUT2D eigenvalue weighted by molar-refractivity contribution is -0.138. The van der Waals surface area contributed by atoms with E-state index in [0.717, 1.165) is 4.88 Å². The SMILES string of the molecule is CNC(=O)C(=O)N/N=C/c1cccs1. The van der Waals surface area contributed by atoms with E-state index < -0.39 is 11.8 Å². The fourth-order valence-corrected chi connectivity index (χ4v) is 1.27. The number of hydrogen-bond acceptors (Lipinski definition) is 4. The molecule has 1 heterocycles. The van der Waals surface area contributed by atoms with Crippen molar-refractivity contribution < 1.29 is 9.59 Å². The lowest BCUT2D eigenvalue weighted by Gasteiger charge is -1.95. The zero-order chi connectivity index (χ0) is 10.4. The highest BCUT2D eigenvalue weighted by Crippen LogP contribution is 2.03. The monoisotopic (exact) mass is 211 g/mol. The Kier molecular flexibility index (Phi) is 3.81. The molecule has 0 saturated carbocycles. The van der Waals surface area contributed by atoms with E-state index >= 15 is 0 Å². The first-order chi connectivity index (χ1) is 6.74. The Hall–Kier alpha value is -1.69. The maximum Gasteiger partial charge on any atom is 0.329 e. The highest BCUT2D eigenvalue weighted by atomic mass is 32.1. The van der Waals surface area contributed by atoms with E-state index in [-0.39, 0.29) is 0 Å². The molecule has 2 amide bonds. The van der Waals surface area contributed by atoms with E-state index in [4.69, 9.17) is 0 Å². The molecule has 0 aliphatic rings. The molecule has 0 aliphatic carbocycles. The standard InChI is InChI=1S/C8H9N3O2S/c1-9-7(12)8(13)11-10-5-6-3-2-4-14-6/h2-5H,1H3,(H,9,12)(H,11,13)/b10-5+. The van der Waals surface area contributed by atoms with Crippen LogP contribution in [0.5, 0.6) is 0 Å². The van der Waals surface area contributed by atoms with E-state index in [1.54, 1.807) is 0 Å². The third-order valence-corrected chi connectivity index (χ3v) is 2.14. The number of nitrogens with zero attached hydrogens (tertiary/aromatic N) is 1. The van der Waals surface area contributed by atoms with Gasteiger partial charge in [-0.05, 0) is 11.4 Å². The summed E-state index contributed by atoms with van der Waals surface area (Å²) in [7, 11) is 1.38. The molecule has 0 radical (unpaired) electrons. The van der Waals surface area contributed by atoms with Gasteiger partial charge < -0.3 is 5.32 Å². The molecule has 0 aromatic carbocycles. The minimum Gasteiger partial charge on any atom is -0.351 e. The Morgan fingerprint density at radius 1 is 1.50 bits per heavy atom. The van der Waals surface area contributed by atoms with E-state index in [1.807, 2.05) is 17.5 Å². The van der Waals surface area contributed by atoms with E-state index in [2.05, 4.69) is 15.8 Å². The summed E-state index contributed by atoms with van der Waals surface area (Å²) in [6.45, 7) is 0.